The Bertz CT molecular complexity index is 577. The monoisotopic (exact) mass is 265 g/mol. The van der Waals surface area contributed by atoms with Crippen LogP contribution >= 0.6 is 11.3 Å². The SMILES string of the molecule is CCNc1ncc(C)c(NCc2csc(=O)[nH]2)n1. The lowest BCUT2D eigenvalue weighted by Crippen LogP contribution is -2.08. The Kier molecular flexibility index (Phi) is 3.93. The first kappa shape index (κ1) is 12.6. The molecule has 2 aromatic rings. The molecular weight excluding hydrogens is 250 g/mol. The van der Waals surface area contributed by atoms with Crippen molar-refractivity contribution in [3.05, 3.63) is 32.5 Å². The fraction of sp³-hybridized carbons (Fsp3) is 0.364. The molecule has 0 radical (unpaired) electrons. The molecule has 0 saturated carbocycles. The number of hydrogen-bond acceptors (Lipinski definition) is 6. The third kappa shape index (κ3) is 3.07. The van der Waals surface area contributed by atoms with Gasteiger partial charge in [-0.3, -0.25) is 4.79 Å². The van der Waals surface area contributed by atoms with Gasteiger partial charge < -0.3 is 15.6 Å². The average molecular weight is 265 g/mol. The van der Waals surface area contributed by atoms with Crippen molar-refractivity contribution in [1.82, 2.24) is 15.0 Å². The third-order valence-electron chi connectivity index (χ3n) is 2.32. The lowest BCUT2D eigenvalue weighted by atomic mass is 10.3. The summed E-state index contributed by atoms with van der Waals surface area (Å²) >= 11 is 1.16. The maximum absolute atomic E-state index is 11.0. The van der Waals surface area contributed by atoms with Crippen molar-refractivity contribution >= 4 is 23.1 Å². The Balaban J connectivity index is 2.08. The molecule has 7 heteroatoms. The second-order valence-electron chi connectivity index (χ2n) is 3.78. The van der Waals surface area contributed by atoms with E-state index in [1.54, 1.807) is 11.6 Å². The molecule has 3 N–H and O–H groups in total. The molecule has 0 aliphatic heterocycles. The summed E-state index contributed by atoms with van der Waals surface area (Å²) in [6.07, 6.45) is 1.77. The molecule has 2 rings (SSSR count). The number of hydrogen-bond donors (Lipinski definition) is 3. The zero-order chi connectivity index (χ0) is 13.0. The number of thiazole rings is 1. The summed E-state index contributed by atoms with van der Waals surface area (Å²) in [5, 5.41) is 8.05. The first-order valence-electron chi connectivity index (χ1n) is 5.67. The number of aromatic amines is 1. The van der Waals surface area contributed by atoms with Gasteiger partial charge >= 0.3 is 4.87 Å². The van der Waals surface area contributed by atoms with Gasteiger partial charge in [-0.25, -0.2) is 4.98 Å². The van der Waals surface area contributed by atoms with E-state index < -0.39 is 0 Å². The molecule has 0 bridgehead atoms. The molecule has 0 aromatic carbocycles. The van der Waals surface area contributed by atoms with Gasteiger partial charge in [0.2, 0.25) is 5.95 Å². The van der Waals surface area contributed by atoms with E-state index in [4.69, 9.17) is 0 Å². The van der Waals surface area contributed by atoms with Crippen LogP contribution in [0.5, 0.6) is 0 Å². The van der Waals surface area contributed by atoms with Crippen LogP contribution in [0.3, 0.4) is 0 Å². The highest BCUT2D eigenvalue weighted by Crippen LogP contribution is 2.13. The minimum atomic E-state index is -0.0421. The predicted molar refractivity (Wildman–Crippen MR) is 73.2 cm³/mol. The maximum Gasteiger partial charge on any atom is 0.304 e. The summed E-state index contributed by atoms with van der Waals surface area (Å²) in [5.74, 6) is 1.37. The van der Waals surface area contributed by atoms with E-state index in [1.165, 1.54) is 0 Å². The van der Waals surface area contributed by atoms with Crippen LogP contribution in [0.4, 0.5) is 11.8 Å². The van der Waals surface area contributed by atoms with E-state index in [0.717, 1.165) is 35.0 Å². The van der Waals surface area contributed by atoms with Gasteiger partial charge in [0, 0.05) is 29.4 Å². The van der Waals surface area contributed by atoms with Crippen LogP contribution in [0, 0.1) is 6.92 Å². The summed E-state index contributed by atoms with van der Waals surface area (Å²) < 4.78 is 0. The number of rotatable bonds is 5. The van der Waals surface area contributed by atoms with Gasteiger partial charge in [-0.1, -0.05) is 11.3 Å². The van der Waals surface area contributed by atoms with Crippen LogP contribution < -0.4 is 15.5 Å². The Morgan fingerprint density at radius 3 is 2.94 bits per heavy atom. The van der Waals surface area contributed by atoms with Crippen molar-refractivity contribution in [2.24, 2.45) is 0 Å². The fourth-order valence-corrected chi connectivity index (χ4v) is 2.03. The standard InChI is InChI=1S/C11H15N5OS/c1-3-12-10-14-4-7(2)9(16-10)13-5-8-6-18-11(17)15-8/h4,6H,3,5H2,1-2H3,(H,15,17)(H2,12,13,14,16). The van der Waals surface area contributed by atoms with Crippen molar-refractivity contribution in [3.8, 4) is 0 Å². The molecule has 0 fully saturated rings. The van der Waals surface area contributed by atoms with Crippen LogP contribution in [-0.4, -0.2) is 21.5 Å². The molecule has 2 heterocycles. The Morgan fingerprint density at radius 1 is 1.44 bits per heavy atom. The van der Waals surface area contributed by atoms with E-state index in [1.807, 2.05) is 13.8 Å². The zero-order valence-corrected chi connectivity index (χ0v) is 11.1. The fourth-order valence-electron chi connectivity index (χ4n) is 1.44. The molecule has 96 valence electrons. The lowest BCUT2D eigenvalue weighted by Gasteiger charge is -2.09. The highest BCUT2D eigenvalue weighted by atomic mass is 32.1. The third-order valence-corrected chi connectivity index (χ3v) is 3.04. The minimum absolute atomic E-state index is 0.0421. The summed E-state index contributed by atoms with van der Waals surface area (Å²) in [5.41, 5.74) is 1.82. The highest BCUT2D eigenvalue weighted by Gasteiger charge is 2.04. The lowest BCUT2D eigenvalue weighted by molar-refractivity contribution is 1.01. The first-order chi connectivity index (χ1) is 8.69. The molecule has 0 atom stereocenters. The smallest absolute Gasteiger partial charge is 0.304 e. The number of H-pyrrole nitrogens is 1. The Hall–Kier alpha value is -1.89. The molecule has 0 aliphatic rings. The molecule has 18 heavy (non-hydrogen) atoms. The molecule has 0 aliphatic carbocycles. The minimum Gasteiger partial charge on any atom is -0.364 e. The molecule has 2 aromatic heterocycles. The second kappa shape index (κ2) is 5.63. The van der Waals surface area contributed by atoms with Crippen molar-refractivity contribution in [2.45, 2.75) is 20.4 Å². The van der Waals surface area contributed by atoms with Crippen LogP contribution in [-0.2, 0) is 6.54 Å². The molecule has 0 spiro atoms. The number of nitrogens with one attached hydrogen (secondary N) is 3. The van der Waals surface area contributed by atoms with E-state index >= 15 is 0 Å². The summed E-state index contributed by atoms with van der Waals surface area (Å²) in [4.78, 5) is 22.2. The first-order valence-corrected chi connectivity index (χ1v) is 6.55. The Morgan fingerprint density at radius 2 is 2.28 bits per heavy atom. The van der Waals surface area contributed by atoms with Gasteiger partial charge in [-0.15, -0.1) is 0 Å². The molecule has 0 unspecified atom stereocenters. The quantitative estimate of drug-likeness (QED) is 0.764. The van der Waals surface area contributed by atoms with Gasteiger partial charge in [0.05, 0.1) is 6.54 Å². The summed E-state index contributed by atoms with van der Waals surface area (Å²) in [6.45, 7) is 5.25. The Labute approximate surface area is 109 Å². The van der Waals surface area contributed by atoms with Crippen LogP contribution in [0.2, 0.25) is 0 Å². The van der Waals surface area contributed by atoms with E-state index in [0.29, 0.717) is 12.5 Å². The number of nitrogens with zero attached hydrogens (tertiary/aromatic N) is 2. The van der Waals surface area contributed by atoms with Crippen LogP contribution in [0.15, 0.2) is 16.4 Å². The van der Waals surface area contributed by atoms with Crippen molar-refractivity contribution < 1.29 is 0 Å². The van der Waals surface area contributed by atoms with Gasteiger partial charge in [0.15, 0.2) is 0 Å². The van der Waals surface area contributed by atoms with Gasteiger partial charge in [-0.05, 0) is 13.8 Å². The molecular formula is C11H15N5OS. The van der Waals surface area contributed by atoms with Crippen molar-refractivity contribution in [2.75, 3.05) is 17.2 Å². The summed E-state index contributed by atoms with van der Waals surface area (Å²) in [7, 11) is 0. The van der Waals surface area contributed by atoms with Crippen molar-refractivity contribution in [3.63, 3.8) is 0 Å². The molecule has 0 saturated heterocycles. The normalized spacial score (nSPS) is 10.3. The number of aryl methyl sites for hydroxylation is 1. The summed E-state index contributed by atoms with van der Waals surface area (Å²) in [6, 6.07) is 0. The second-order valence-corrected chi connectivity index (χ2v) is 4.62. The van der Waals surface area contributed by atoms with Gasteiger partial charge in [0.1, 0.15) is 5.82 Å². The van der Waals surface area contributed by atoms with E-state index in [9.17, 15) is 4.79 Å². The maximum atomic E-state index is 11.0. The van der Waals surface area contributed by atoms with Crippen LogP contribution in [0.25, 0.3) is 0 Å². The van der Waals surface area contributed by atoms with E-state index in [2.05, 4.69) is 25.6 Å². The largest absolute Gasteiger partial charge is 0.364 e. The van der Waals surface area contributed by atoms with Crippen molar-refractivity contribution in [1.29, 1.82) is 0 Å². The highest BCUT2D eigenvalue weighted by molar-refractivity contribution is 7.07. The zero-order valence-electron chi connectivity index (χ0n) is 10.3. The average Bonchev–Trinajstić information content (AvgIpc) is 2.76. The van der Waals surface area contributed by atoms with Gasteiger partial charge in [0.25, 0.3) is 0 Å². The van der Waals surface area contributed by atoms with Gasteiger partial charge in [-0.2, -0.15) is 4.98 Å². The molecule has 0 amide bonds. The predicted octanol–water partition coefficient (Wildman–Crippen LogP) is 1.58. The number of aromatic nitrogens is 3. The number of anilines is 2. The van der Waals surface area contributed by atoms with E-state index in [-0.39, 0.29) is 4.87 Å². The van der Waals surface area contributed by atoms with Crippen LogP contribution in [0.1, 0.15) is 18.2 Å². The molecule has 6 nitrogen and oxygen atoms in total. The topological polar surface area (TPSA) is 82.7 Å².